The summed E-state index contributed by atoms with van der Waals surface area (Å²) in [6.07, 6.45) is 4.86. The molecule has 0 saturated heterocycles. The first-order valence-corrected chi connectivity index (χ1v) is 9.92. The molecule has 0 unspecified atom stereocenters. The topological polar surface area (TPSA) is 47.6 Å². The molecule has 0 aliphatic heterocycles. The fourth-order valence-corrected chi connectivity index (χ4v) is 2.51. The van der Waals surface area contributed by atoms with Gasteiger partial charge in [-0.1, -0.05) is 49.0 Å². The summed E-state index contributed by atoms with van der Waals surface area (Å²) in [5.74, 6) is 0.710. The van der Waals surface area contributed by atoms with Gasteiger partial charge in [-0.05, 0) is 44.0 Å². The Labute approximate surface area is 154 Å². The predicted octanol–water partition coefficient (Wildman–Crippen LogP) is 5.16. The summed E-state index contributed by atoms with van der Waals surface area (Å²) in [5.41, 5.74) is -0.0240. The van der Waals surface area contributed by atoms with Gasteiger partial charge in [-0.25, -0.2) is 0 Å². The molecule has 1 atom stereocenters. The molecule has 0 aromatic heterocycles. The lowest BCUT2D eigenvalue weighted by molar-refractivity contribution is -0.140. The highest BCUT2D eigenvalue weighted by Crippen LogP contribution is 2.23. The number of ether oxygens (including phenoxy) is 2. The molecule has 0 bridgehead atoms. The Morgan fingerprint density at radius 3 is 2.42 bits per heavy atom. The van der Waals surface area contributed by atoms with Crippen molar-refractivity contribution in [1.82, 2.24) is 0 Å². The number of amides is 1. The predicted molar refractivity (Wildman–Crippen MR) is 103 cm³/mol. The van der Waals surface area contributed by atoms with E-state index in [9.17, 15) is 4.79 Å². The Balaban J connectivity index is 2.68. The number of halogens is 1. The second-order valence-corrected chi connectivity index (χ2v) is 6.85. The van der Waals surface area contributed by atoms with E-state index < -0.39 is 5.60 Å². The summed E-state index contributed by atoms with van der Waals surface area (Å²) in [6.45, 7) is 7.31. The molecule has 1 aromatic rings. The van der Waals surface area contributed by atoms with E-state index in [2.05, 4.69) is 35.1 Å². The maximum atomic E-state index is 12.7. The molecular weight excluding hydrogens is 370 g/mol. The van der Waals surface area contributed by atoms with Crippen molar-refractivity contribution in [3.05, 3.63) is 24.3 Å². The average Bonchev–Trinajstić information content (AvgIpc) is 2.59. The Kier molecular flexibility index (Phi) is 10.0. The van der Waals surface area contributed by atoms with Crippen LogP contribution in [0.15, 0.2) is 24.3 Å². The third kappa shape index (κ3) is 7.22. The normalized spacial score (nSPS) is 13.3. The Bertz CT molecular complexity index is 478. The molecule has 5 heteroatoms. The molecule has 0 aliphatic carbocycles. The first-order valence-electron chi connectivity index (χ1n) is 8.80. The SMILES string of the molecule is CCCCC[C@](C)(OCCC)C(=O)Nc1ccc(OCCBr)cc1. The number of nitrogens with one attached hydrogen (secondary N) is 1. The molecule has 0 radical (unpaired) electrons. The van der Waals surface area contributed by atoms with E-state index >= 15 is 0 Å². The summed E-state index contributed by atoms with van der Waals surface area (Å²) in [6, 6.07) is 7.43. The average molecular weight is 400 g/mol. The minimum Gasteiger partial charge on any atom is -0.493 e. The van der Waals surface area contributed by atoms with Crippen LogP contribution in [0.4, 0.5) is 5.69 Å². The zero-order valence-corrected chi connectivity index (χ0v) is 16.7. The number of rotatable bonds is 12. The van der Waals surface area contributed by atoms with Crippen LogP contribution in [-0.2, 0) is 9.53 Å². The molecule has 0 heterocycles. The number of anilines is 1. The zero-order valence-electron chi connectivity index (χ0n) is 15.1. The number of unbranched alkanes of at least 4 members (excludes halogenated alkanes) is 2. The molecule has 0 fully saturated rings. The minimum absolute atomic E-state index is 0.0822. The zero-order chi connectivity index (χ0) is 17.8. The van der Waals surface area contributed by atoms with E-state index in [0.717, 1.165) is 48.9 Å². The number of carbonyl (C=O) groups is 1. The van der Waals surface area contributed by atoms with Crippen molar-refractivity contribution in [2.24, 2.45) is 0 Å². The molecule has 136 valence electrons. The van der Waals surface area contributed by atoms with Crippen LogP contribution in [0.3, 0.4) is 0 Å². The highest BCUT2D eigenvalue weighted by Gasteiger charge is 2.33. The van der Waals surface area contributed by atoms with Crippen LogP contribution in [-0.4, -0.2) is 30.1 Å². The van der Waals surface area contributed by atoms with Crippen molar-refractivity contribution < 1.29 is 14.3 Å². The molecule has 1 aromatic carbocycles. The van der Waals surface area contributed by atoms with E-state index in [1.165, 1.54) is 0 Å². The first-order chi connectivity index (χ1) is 11.6. The highest BCUT2D eigenvalue weighted by molar-refractivity contribution is 9.09. The molecule has 1 rings (SSSR count). The molecule has 4 nitrogen and oxygen atoms in total. The monoisotopic (exact) mass is 399 g/mol. The van der Waals surface area contributed by atoms with Crippen molar-refractivity contribution in [2.75, 3.05) is 23.9 Å². The van der Waals surface area contributed by atoms with Crippen LogP contribution in [0, 0.1) is 0 Å². The number of hydrogen-bond donors (Lipinski definition) is 1. The van der Waals surface area contributed by atoms with Gasteiger partial charge in [-0.2, -0.15) is 0 Å². The van der Waals surface area contributed by atoms with Crippen LogP contribution in [0.5, 0.6) is 5.75 Å². The van der Waals surface area contributed by atoms with E-state index in [1.54, 1.807) is 0 Å². The van der Waals surface area contributed by atoms with Gasteiger partial charge in [0.2, 0.25) is 0 Å². The van der Waals surface area contributed by atoms with Crippen LogP contribution in [0.1, 0.15) is 52.9 Å². The van der Waals surface area contributed by atoms with Gasteiger partial charge < -0.3 is 14.8 Å². The summed E-state index contributed by atoms with van der Waals surface area (Å²) in [7, 11) is 0. The maximum absolute atomic E-state index is 12.7. The van der Waals surface area contributed by atoms with Crippen molar-refractivity contribution in [1.29, 1.82) is 0 Å². The van der Waals surface area contributed by atoms with Gasteiger partial charge in [0.1, 0.15) is 11.4 Å². The summed E-state index contributed by atoms with van der Waals surface area (Å²) in [5, 5.41) is 3.76. The van der Waals surface area contributed by atoms with Crippen LogP contribution >= 0.6 is 15.9 Å². The van der Waals surface area contributed by atoms with E-state index in [4.69, 9.17) is 9.47 Å². The lowest BCUT2D eigenvalue weighted by Crippen LogP contribution is -2.43. The Hall–Kier alpha value is -1.07. The molecule has 1 N–H and O–H groups in total. The van der Waals surface area contributed by atoms with E-state index in [1.807, 2.05) is 31.2 Å². The molecule has 24 heavy (non-hydrogen) atoms. The second kappa shape index (κ2) is 11.5. The first kappa shape index (κ1) is 21.0. The largest absolute Gasteiger partial charge is 0.493 e. The Morgan fingerprint density at radius 2 is 1.83 bits per heavy atom. The maximum Gasteiger partial charge on any atom is 0.256 e. The van der Waals surface area contributed by atoms with Gasteiger partial charge in [-0.3, -0.25) is 4.79 Å². The molecule has 0 aliphatic rings. The van der Waals surface area contributed by atoms with Gasteiger partial charge in [0.15, 0.2) is 0 Å². The van der Waals surface area contributed by atoms with E-state index in [-0.39, 0.29) is 5.91 Å². The lowest BCUT2D eigenvalue weighted by Gasteiger charge is -2.28. The standard InChI is InChI=1S/C19H30BrNO3/c1-4-6-7-12-19(3,24-14-5-2)18(22)21-16-8-10-17(11-9-16)23-15-13-20/h8-11H,4-7,12-15H2,1-3H3,(H,21,22)/t19-/m0/s1. The van der Waals surface area contributed by atoms with Crippen LogP contribution in [0.2, 0.25) is 0 Å². The smallest absolute Gasteiger partial charge is 0.256 e. The van der Waals surface area contributed by atoms with Gasteiger partial charge in [0.05, 0.1) is 6.61 Å². The van der Waals surface area contributed by atoms with Crippen molar-refractivity contribution in [3.63, 3.8) is 0 Å². The van der Waals surface area contributed by atoms with Crippen molar-refractivity contribution >= 4 is 27.5 Å². The number of hydrogen-bond acceptors (Lipinski definition) is 3. The Morgan fingerprint density at radius 1 is 1.12 bits per heavy atom. The van der Waals surface area contributed by atoms with Crippen molar-refractivity contribution in [3.8, 4) is 5.75 Å². The van der Waals surface area contributed by atoms with Crippen LogP contribution < -0.4 is 10.1 Å². The highest BCUT2D eigenvalue weighted by atomic mass is 79.9. The van der Waals surface area contributed by atoms with Crippen molar-refractivity contribution in [2.45, 2.75) is 58.5 Å². The fourth-order valence-electron chi connectivity index (χ4n) is 2.35. The second-order valence-electron chi connectivity index (χ2n) is 6.05. The van der Waals surface area contributed by atoms with Gasteiger partial charge >= 0.3 is 0 Å². The minimum atomic E-state index is -0.781. The summed E-state index contributed by atoms with van der Waals surface area (Å²) in [4.78, 5) is 12.7. The fraction of sp³-hybridized carbons (Fsp3) is 0.632. The van der Waals surface area contributed by atoms with Gasteiger partial charge in [0.25, 0.3) is 5.91 Å². The number of carbonyl (C=O) groups excluding carboxylic acids is 1. The molecule has 1 amide bonds. The van der Waals surface area contributed by atoms with Gasteiger partial charge in [-0.15, -0.1) is 0 Å². The van der Waals surface area contributed by atoms with Crippen LogP contribution in [0.25, 0.3) is 0 Å². The molecule has 0 spiro atoms. The molecular formula is C19H30BrNO3. The summed E-state index contributed by atoms with van der Waals surface area (Å²) >= 11 is 3.33. The lowest BCUT2D eigenvalue weighted by atomic mass is 9.96. The van der Waals surface area contributed by atoms with E-state index in [0.29, 0.717) is 13.2 Å². The molecule has 0 saturated carbocycles. The number of alkyl halides is 1. The summed E-state index contributed by atoms with van der Waals surface area (Å²) < 4.78 is 11.4. The third-order valence-corrected chi connectivity index (χ3v) is 4.14. The quantitative estimate of drug-likeness (QED) is 0.389. The number of benzene rings is 1. The third-order valence-electron chi connectivity index (χ3n) is 3.82. The van der Waals surface area contributed by atoms with Gasteiger partial charge in [0, 0.05) is 17.6 Å².